The summed E-state index contributed by atoms with van der Waals surface area (Å²) in [4.78, 5) is 11.4. The van der Waals surface area contributed by atoms with Crippen LogP contribution in [0.2, 0.25) is 0 Å². The molecule has 2 aromatic carbocycles. The first-order valence-electron chi connectivity index (χ1n) is 7.21. The number of rotatable bonds is 5. The number of nitrogens with zero attached hydrogens (tertiary/aromatic N) is 3. The van der Waals surface area contributed by atoms with Gasteiger partial charge < -0.3 is 10.5 Å². The summed E-state index contributed by atoms with van der Waals surface area (Å²) in [6.07, 6.45) is 0. The maximum atomic E-state index is 11.4. The van der Waals surface area contributed by atoms with Crippen LogP contribution in [0.1, 0.15) is 21.6 Å². The fourth-order valence-electron chi connectivity index (χ4n) is 2.28. The lowest BCUT2D eigenvalue weighted by Crippen LogP contribution is -2.12. The van der Waals surface area contributed by atoms with Crippen molar-refractivity contribution in [2.75, 3.05) is 0 Å². The van der Waals surface area contributed by atoms with E-state index in [0.29, 0.717) is 27.0 Å². The number of halogens is 1. The highest BCUT2D eigenvalue weighted by Gasteiger charge is 2.16. The number of benzene rings is 2. The van der Waals surface area contributed by atoms with Gasteiger partial charge >= 0.3 is 0 Å². The highest BCUT2D eigenvalue weighted by atomic mass is 79.9. The summed E-state index contributed by atoms with van der Waals surface area (Å²) in [5.41, 5.74) is 7.76. The predicted molar refractivity (Wildman–Crippen MR) is 93.5 cm³/mol. The number of nitrogens with one attached hydrogen (secondary N) is 1. The Morgan fingerprint density at radius 3 is 2.80 bits per heavy atom. The molecule has 0 fully saturated rings. The third kappa shape index (κ3) is 3.51. The molecule has 3 N–H and O–H groups in total. The van der Waals surface area contributed by atoms with Gasteiger partial charge in [-0.15, -0.1) is 0 Å². The maximum absolute atomic E-state index is 11.4. The summed E-state index contributed by atoms with van der Waals surface area (Å²) < 4.78 is 6.46. The first-order valence-corrected chi connectivity index (χ1v) is 8.00. The Morgan fingerprint density at radius 1 is 1.28 bits per heavy atom. The minimum atomic E-state index is -0.659. The summed E-state index contributed by atoms with van der Waals surface area (Å²) in [6, 6.07) is 14.6. The van der Waals surface area contributed by atoms with Crippen molar-refractivity contribution < 1.29 is 9.53 Å². The molecule has 1 amide bonds. The fraction of sp³-hybridized carbons (Fsp3) is 0.0588. The molecule has 0 aliphatic carbocycles. The molecule has 0 spiro atoms. The van der Waals surface area contributed by atoms with Crippen LogP contribution in [0.5, 0.6) is 5.75 Å². The van der Waals surface area contributed by atoms with E-state index in [1.165, 1.54) is 0 Å². The van der Waals surface area contributed by atoms with Crippen LogP contribution in [0.4, 0.5) is 0 Å². The van der Waals surface area contributed by atoms with E-state index in [2.05, 4.69) is 37.4 Å². The molecule has 1 heterocycles. The monoisotopic (exact) mass is 397 g/mol. The molecule has 124 valence electrons. The number of carbonyl (C=O) groups excluding carboxylic acids is 1. The van der Waals surface area contributed by atoms with Crippen molar-refractivity contribution >= 4 is 21.8 Å². The van der Waals surface area contributed by atoms with Crippen LogP contribution in [-0.2, 0) is 6.61 Å². The van der Waals surface area contributed by atoms with Gasteiger partial charge in [0.15, 0.2) is 5.69 Å². The van der Waals surface area contributed by atoms with Crippen molar-refractivity contribution in [2.24, 2.45) is 5.73 Å². The van der Waals surface area contributed by atoms with Crippen molar-refractivity contribution in [1.82, 2.24) is 15.4 Å². The first-order chi connectivity index (χ1) is 12.1. The molecule has 0 radical (unpaired) electrons. The third-order valence-corrected chi connectivity index (χ3v) is 4.13. The number of hydrogen-bond donors (Lipinski definition) is 2. The van der Waals surface area contributed by atoms with Gasteiger partial charge in [-0.05, 0) is 40.2 Å². The van der Waals surface area contributed by atoms with Gasteiger partial charge in [-0.1, -0.05) is 18.2 Å². The van der Waals surface area contributed by atoms with E-state index in [9.17, 15) is 4.79 Å². The molecule has 1 aromatic heterocycles. The second kappa shape index (κ2) is 7.15. The van der Waals surface area contributed by atoms with E-state index in [4.69, 9.17) is 15.7 Å². The average molecular weight is 398 g/mol. The van der Waals surface area contributed by atoms with Gasteiger partial charge in [-0.2, -0.15) is 20.7 Å². The minimum Gasteiger partial charge on any atom is -0.488 e. The van der Waals surface area contributed by atoms with E-state index in [1.807, 2.05) is 12.1 Å². The summed E-state index contributed by atoms with van der Waals surface area (Å²) in [7, 11) is 0. The quantitative estimate of drug-likeness (QED) is 0.685. The highest BCUT2D eigenvalue weighted by Crippen LogP contribution is 2.31. The lowest BCUT2D eigenvalue weighted by Gasteiger charge is -2.10. The van der Waals surface area contributed by atoms with Gasteiger partial charge in [-0.3, -0.25) is 4.79 Å². The highest BCUT2D eigenvalue weighted by molar-refractivity contribution is 9.10. The molecule has 8 heteroatoms. The number of primary amides is 1. The summed E-state index contributed by atoms with van der Waals surface area (Å²) in [5, 5.41) is 19.2. The number of hydrogen-bond acceptors (Lipinski definition) is 5. The Labute approximate surface area is 151 Å². The van der Waals surface area contributed by atoms with Crippen LogP contribution in [-0.4, -0.2) is 21.3 Å². The SMILES string of the molecule is N#Cc1ccccc1COc1ccc(-c2n[nH]nc2C(N)=O)cc1Br. The van der Waals surface area contributed by atoms with Crippen molar-refractivity contribution in [3.63, 3.8) is 0 Å². The van der Waals surface area contributed by atoms with E-state index in [1.54, 1.807) is 30.3 Å². The molecular weight excluding hydrogens is 386 g/mol. The molecule has 0 bridgehead atoms. The zero-order chi connectivity index (χ0) is 17.8. The Bertz CT molecular complexity index is 977. The number of nitriles is 1. The number of aromatic amines is 1. The first kappa shape index (κ1) is 16.7. The number of aromatic nitrogens is 3. The third-order valence-electron chi connectivity index (χ3n) is 3.51. The summed E-state index contributed by atoms with van der Waals surface area (Å²) >= 11 is 3.44. The Balaban J connectivity index is 1.82. The van der Waals surface area contributed by atoms with Crippen LogP contribution in [0.3, 0.4) is 0 Å². The van der Waals surface area contributed by atoms with Gasteiger partial charge in [0, 0.05) is 11.1 Å². The molecule has 7 nitrogen and oxygen atoms in total. The van der Waals surface area contributed by atoms with E-state index in [-0.39, 0.29) is 12.3 Å². The molecule has 0 saturated heterocycles. The van der Waals surface area contributed by atoms with Crippen molar-refractivity contribution in [3.05, 3.63) is 63.8 Å². The molecule has 0 saturated carbocycles. The second-order valence-electron chi connectivity index (χ2n) is 5.09. The molecule has 0 aliphatic rings. The van der Waals surface area contributed by atoms with Crippen LogP contribution < -0.4 is 10.5 Å². The fourth-order valence-corrected chi connectivity index (χ4v) is 2.77. The van der Waals surface area contributed by atoms with Crippen molar-refractivity contribution in [1.29, 1.82) is 5.26 Å². The smallest absolute Gasteiger partial charge is 0.271 e. The lowest BCUT2D eigenvalue weighted by molar-refractivity contribution is 0.0996. The topological polar surface area (TPSA) is 118 Å². The average Bonchev–Trinajstić information content (AvgIpc) is 3.11. The van der Waals surface area contributed by atoms with Crippen LogP contribution in [0.25, 0.3) is 11.3 Å². The maximum Gasteiger partial charge on any atom is 0.271 e. The Hall–Kier alpha value is -3.18. The number of H-pyrrole nitrogens is 1. The van der Waals surface area contributed by atoms with Crippen LogP contribution in [0, 0.1) is 11.3 Å². The lowest BCUT2D eigenvalue weighted by atomic mass is 10.1. The Morgan fingerprint density at radius 2 is 2.08 bits per heavy atom. The largest absolute Gasteiger partial charge is 0.488 e. The summed E-state index contributed by atoms with van der Waals surface area (Å²) in [5.74, 6) is -0.0612. The number of amides is 1. The van der Waals surface area contributed by atoms with E-state index >= 15 is 0 Å². The normalized spacial score (nSPS) is 10.2. The number of ether oxygens (including phenoxy) is 1. The molecule has 3 rings (SSSR count). The van der Waals surface area contributed by atoms with Gasteiger partial charge in [0.1, 0.15) is 18.1 Å². The van der Waals surface area contributed by atoms with Gasteiger partial charge in [0.25, 0.3) is 5.91 Å². The zero-order valence-electron chi connectivity index (χ0n) is 12.9. The van der Waals surface area contributed by atoms with Gasteiger partial charge in [0.05, 0.1) is 16.1 Å². The van der Waals surface area contributed by atoms with Gasteiger partial charge in [0.2, 0.25) is 0 Å². The van der Waals surface area contributed by atoms with E-state index < -0.39 is 5.91 Å². The molecule has 3 aromatic rings. The molecular formula is C17H12BrN5O2. The van der Waals surface area contributed by atoms with Crippen LogP contribution >= 0.6 is 15.9 Å². The van der Waals surface area contributed by atoms with Gasteiger partial charge in [-0.25, -0.2) is 0 Å². The number of nitrogens with two attached hydrogens (primary N) is 1. The standard InChI is InChI=1S/C17H12BrN5O2/c18-13-7-10(15-16(17(20)24)22-23-21-15)5-6-14(13)25-9-12-4-2-1-3-11(12)8-19/h1-7H,9H2,(H2,20,24)(H,21,22,23). The van der Waals surface area contributed by atoms with Crippen LogP contribution in [0.15, 0.2) is 46.9 Å². The second-order valence-corrected chi connectivity index (χ2v) is 5.94. The minimum absolute atomic E-state index is 0.0727. The molecule has 0 atom stereocenters. The molecule has 25 heavy (non-hydrogen) atoms. The molecule has 0 aliphatic heterocycles. The predicted octanol–water partition coefficient (Wildman–Crippen LogP) is 2.78. The number of carbonyl (C=O) groups is 1. The summed E-state index contributed by atoms with van der Waals surface area (Å²) in [6.45, 7) is 0.262. The Kier molecular flexibility index (Phi) is 4.77. The van der Waals surface area contributed by atoms with Crippen molar-refractivity contribution in [3.8, 4) is 23.1 Å². The zero-order valence-corrected chi connectivity index (χ0v) is 14.4. The van der Waals surface area contributed by atoms with E-state index in [0.717, 1.165) is 5.56 Å². The molecule has 0 unspecified atom stereocenters. The van der Waals surface area contributed by atoms with Crippen molar-refractivity contribution in [2.45, 2.75) is 6.61 Å².